The number of nitriles is 1. The van der Waals surface area contributed by atoms with E-state index in [4.69, 9.17) is 9.68 Å². The molecule has 0 N–H and O–H groups in total. The Hall–Kier alpha value is -3.12. The normalized spacial score (nSPS) is 11.2. The fourth-order valence-corrected chi connectivity index (χ4v) is 3.43. The van der Waals surface area contributed by atoms with Gasteiger partial charge in [0.2, 0.25) is 5.69 Å². The quantitative estimate of drug-likeness (QED) is 0.468. The Morgan fingerprint density at radius 1 is 0.880 bits per heavy atom. The number of pyridine rings is 1. The Bertz CT molecular complexity index is 1190. The van der Waals surface area contributed by atoms with E-state index in [-0.39, 0.29) is 0 Å². The second-order valence-electron chi connectivity index (χ2n) is 6.72. The number of hydrogen-bond acceptors (Lipinski definition) is 2. The molecule has 25 heavy (non-hydrogen) atoms. The number of benzene rings is 2. The summed E-state index contributed by atoms with van der Waals surface area (Å²) in [4.78, 5) is 0. The van der Waals surface area contributed by atoms with Crippen molar-refractivity contribution in [3.8, 4) is 17.3 Å². The molecular formula is C22H19N2O+. The average Bonchev–Trinajstić information content (AvgIpc) is 2.94. The number of nitrogens with zero attached hydrogens (tertiary/aromatic N) is 2. The summed E-state index contributed by atoms with van der Waals surface area (Å²) in [5, 5.41) is 11.2. The van der Waals surface area contributed by atoms with E-state index in [9.17, 15) is 0 Å². The molecule has 0 saturated carbocycles. The fourth-order valence-electron chi connectivity index (χ4n) is 3.43. The number of fused-ring (bicyclic) bond motifs is 3. The summed E-state index contributed by atoms with van der Waals surface area (Å²) in [5.41, 5.74) is 8.31. The van der Waals surface area contributed by atoms with Crippen molar-refractivity contribution in [2.24, 2.45) is 7.05 Å². The van der Waals surface area contributed by atoms with Crippen LogP contribution in [0.2, 0.25) is 0 Å². The molecule has 0 saturated heterocycles. The van der Waals surface area contributed by atoms with E-state index < -0.39 is 0 Å². The molecule has 122 valence electrons. The standard InChI is InChI=1S/C22H19N2O/c1-13-8-20(24(4)12-15(13)3)18-10-22-19(7-14(18)2)17-6-5-16(11-23)9-21(17)25-22/h5-10,12H,1-4H3/q+1. The predicted molar refractivity (Wildman–Crippen MR) is 99.3 cm³/mol. The Kier molecular flexibility index (Phi) is 3.36. The van der Waals surface area contributed by atoms with E-state index in [1.807, 2.05) is 12.1 Å². The predicted octanol–water partition coefficient (Wildman–Crippen LogP) is 4.87. The van der Waals surface area contributed by atoms with Crippen molar-refractivity contribution in [2.75, 3.05) is 0 Å². The van der Waals surface area contributed by atoms with Gasteiger partial charge in [0.1, 0.15) is 18.2 Å². The maximum Gasteiger partial charge on any atom is 0.212 e. The molecule has 4 rings (SSSR count). The SMILES string of the molecule is Cc1cc(-c2cc3oc4cc(C#N)ccc4c3cc2C)[n+](C)cc1C. The minimum atomic E-state index is 0.615. The smallest absolute Gasteiger partial charge is 0.212 e. The zero-order valence-corrected chi connectivity index (χ0v) is 14.8. The van der Waals surface area contributed by atoms with Gasteiger partial charge in [-0.25, -0.2) is 4.57 Å². The Morgan fingerprint density at radius 3 is 2.40 bits per heavy atom. The van der Waals surface area contributed by atoms with Crippen LogP contribution in [0.3, 0.4) is 0 Å². The Balaban J connectivity index is 2.00. The molecule has 0 fully saturated rings. The molecule has 0 aliphatic carbocycles. The summed E-state index contributed by atoms with van der Waals surface area (Å²) >= 11 is 0. The van der Waals surface area contributed by atoms with Crippen molar-refractivity contribution >= 4 is 21.9 Å². The molecule has 3 nitrogen and oxygen atoms in total. The average molecular weight is 327 g/mol. The maximum absolute atomic E-state index is 9.09. The van der Waals surface area contributed by atoms with Gasteiger partial charge in [0.25, 0.3) is 0 Å². The zero-order valence-electron chi connectivity index (χ0n) is 14.8. The first-order chi connectivity index (χ1) is 12.0. The van der Waals surface area contributed by atoms with Crippen LogP contribution < -0.4 is 4.57 Å². The van der Waals surface area contributed by atoms with Crippen LogP contribution in [0.25, 0.3) is 33.2 Å². The highest BCUT2D eigenvalue weighted by Gasteiger charge is 2.17. The highest BCUT2D eigenvalue weighted by molar-refractivity contribution is 6.06. The van der Waals surface area contributed by atoms with Crippen LogP contribution in [-0.4, -0.2) is 0 Å². The molecule has 2 heterocycles. The minimum absolute atomic E-state index is 0.615. The monoisotopic (exact) mass is 327 g/mol. The van der Waals surface area contributed by atoms with E-state index in [0.29, 0.717) is 5.56 Å². The lowest BCUT2D eigenvalue weighted by Gasteiger charge is -2.07. The summed E-state index contributed by atoms with van der Waals surface area (Å²) in [6.07, 6.45) is 2.16. The molecule has 0 unspecified atom stereocenters. The zero-order chi connectivity index (χ0) is 17.7. The first-order valence-corrected chi connectivity index (χ1v) is 8.32. The molecular weight excluding hydrogens is 308 g/mol. The number of aromatic nitrogens is 1. The van der Waals surface area contributed by atoms with Gasteiger partial charge in [-0.1, -0.05) is 0 Å². The summed E-state index contributed by atoms with van der Waals surface area (Å²) in [6.45, 7) is 6.39. The second kappa shape index (κ2) is 5.46. The minimum Gasteiger partial charge on any atom is -0.456 e. The molecule has 0 spiro atoms. The highest BCUT2D eigenvalue weighted by atomic mass is 16.3. The first kappa shape index (κ1) is 15.4. The van der Waals surface area contributed by atoms with Gasteiger partial charge in [-0.3, -0.25) is 0 Å². The van der Waals surface area contributed by atoms with Gasteiger partial charge in [-0.15, -0.1) is 0 Å². The van der Waals surface area contributed by atoms with E-state index >= 15 is 0 Å². The lowest BCUT2D eigenvalue weighted by Crippen LogP contribution is -2.31. The number of hydrogen-bond donors (Lipinski definition) is 0. The third kappa shape index (κ3) is 2.38. The summed E-state index contributed by atoms with van der Waals surface area (Å²) < 4.78 is 8.21. The van der Waals surface area contributed by atoms with Crippen LogP contribution in [0.5, 0.6) is 0 Å². The molecule has 4 aromatic rings. The van der Waals surface area contributed by atoms with Crippen LogP contribution in [0.1, 0.15) is 22.3 Å². The Morgan fingerprint density at radius 2 is 1.64 bits per heavy atom. The largest absolute Gasteiger partial charge is 0.456 e. The molecule has 3 heteroatoms. The highest BCUT2D eigenvalue weighted by Crippen LogP contribution is 2.34. The van der Waals surface area contributed by atoms with Crippen LogP contribution in [0.15, 0.2) is 47.0 Å². The molecule has 0 bridgehead atoms. The first-order valence-electron chi connectivity index (χ1n) is 8.32. The van der Waals surface area contributed by atoms with Crippen LogP contribution in [-0.2, 0) is 7.05 Å². The maximum atomic E-state index is 9.09. The third-order valence-electron chi connectivity index (χ3n) is 4.97. The number of aryl methyl sites for hydroxylation is 4. The van der Waals surface area contributed by atoms with Crippen molar-refractivity contribution in [3.63, 3.8) is 0 Å². The molecule has 0 atom stereocenters. The van der Waals surface area contributed by atoms with Crippen LogP contribution in [0.4, 0.5) is 0 Å². The lowest BCUT2D eigenvalue weighted by molar-refractivity contribution is -0.660. The van der Waals surface area contributed by atoms with Gasteiger partial charge in [-0.05, 0) is 62.2 Å². The van der Waals surface area contributed by atoms with Crippen molar-refractivity contribution in [2.45, 2.75) is 20.8 Å². The van der Waals surface area contributed by atoms with Gasteiger partial charge in [0.15, 0.2) is 6.20 Å². The molecule has 2 aromatic carbocycles. The summed E-state index contributed by atoms with van der Waals surface area (Å²) in [7, 11) is 2.07. The van der Waals surface area contributed by atoms with E-state index in [2.05, 4.69) is 62.9 Å². The van der Waals surface area contributed by atoms with Gasteiger partial charge in [-0.2, -0.15) is 5.26 Å². The van der Waals surface area contributed by atoms with Crippen molar-refractivity contribution in [1.82, 2.24) is 0 Å². The van der Waals surface area contributed by atoms with Crippen LogP contribution >= 0.6 is 0 Å². The molecule has 0 aliphatic rings. The summed E-state index contributed by atoms with van der Waals surface area (Å²) in [6, 6.07) is 14.3. The summed E-state index contributed by atoms with van der Waals surface area (Å²) in [5.74, 6) is 0. The topological polar surface area (TPSA) is 40.8 Å². The molecule has 2 aromatic heterocycles. The van der Waals surface area contributed by atoms with Gasteiger partial charge in [0, 0.05) is 22.4 Å². The van der Waals surface area contributed by atoms with Crippen LogP contribution in [0, 0.1) is 32.1 Å². The fraction of sp³-hybridized carbons (Fsp3) is 0.182. The third-order valence-corrected chi connectivity index (χ3v) is 4.97. The number of furan rings is 1. The van der Waals surface area contributed by atoms with Gasteiger partial charge >= 0.3 is 0 Å². The molecule has 0 amide bonds. The van der Waals surface area contributed by atoms with E-state index in [0.717, 1.165) is 27.5 Å². The van der Waals surface area contributed by atoms with E-state index in [1.165, 1.54) is 22.4 Å². The lowest BCUT2D eigenvalue weighted by atomic mass is 9.99. The van der Waals surface area contributed by atoms with E-state index in [1.54, 1.807) is 6.07 Å². The Labute approximate surface area is 146 Å². The van der Waals surface area contributed by atoms with Crippen molar-refractivity contribution < 1.29 is 8.98 Å². The molecule has 0 aliphatic heterocycles. The van der Waals surface area contributed by atoms with Crippen molar-refractivity contribution in [3.05, 3.63) is 64.8 Å². The van der Waals surface area contributed by atoms with Gasteiger partial charge in [0.05, 0.1) is 17.2 Å². The number of rotatable bonds is 1. The van der Waals surface area contributed by atoms with Gasteiger partial charge < -0.3 is 4.42 Å². The molecule has 0 radical (unpaired) electrons. The van der Waals surface area contributed by atoms with Crippen molar-refractivity contribution in [1.29, 1.82) is 5.26 Å². The second-order valence-corrected chi connectivity index (χ2v) is 6.72.